The second kappa shape index (κ2) is 6.33. The van der Waals surface area contributed by atoms with E-state index < -0.39 is 11.4 Å². The third kappa shape index (κ3) is 3.81. The third-order valence-corrected chi connectivity index (χ3v) is 4.30. The molecular formula is C12H16BrNO3S. The number of esters is 1. The zero-order chi connectivity index (χ0) is 13.8. The monoisotopic (exact) mass is 333 g/mol. The van der Waals surface area contributed by atoms with E-state index in [0.29, 0.717) is 6.54 Å². The second-order valence-electron chi connectivity index (χ2n) is 4.35. The number of thiophene rings is 1. The van der Waals surface area contributed by atoms with Crippen LogP contribution in [0.3, 0.4) is 0 Å². The minimum Gasteiger partial charge on any atom is -0.468 e. The van der Waals surface area contributed by atoms with Gasteiger partial charge >= 0.3 is 5.97 Å². The molecule has 0 unspecified atom stereocenters. The van der Waals surface area contributed by atoms with Gasteiger partial charge in [-0.3, -0.25) is 9.59 Å². The molecule has 0 aliphatic heterocycles. The first kappa shape index (κ1) is 15.2. The predicted molar refractivity (Wildman–Crippen MR) is 74.5 cm³/mol. The van der Waals surface area contributed by atoms with Crippen molar-refractivity contribution in [3.05, 3.63) is 20.8 Å². The van der Waals surface area contributed by atoms with Gasteiger partial charge in [-0.2, -0.15) is 0 Å². The van der Waals surface area contributed by atoms with E-state index in [4.69, 9.17) is 0 Å². The lowest BCUT2D eigenvalue weighted by atomic mass is 9.92. The lowest BCUT2D eigenvalue weighted by molar-refractivity contribution is -0.156. The molecule has 1 heterocycles. The normalized spacial score (nSPS) is 11.1. The number of amides is 1. The number of carbonyl (C=O) groups is 2. The largest absolute Gasteiger partial charge is 0.468 e. The van der Waals surface area contributed by atoms with E-state index in [1.165, 1.54) is 12.0 Å². The molecule has 4 nitrogen and oxygen atoms in total. The average molecular weight is 334 g/mol. The highest BCUT2D eigenvalue weighted by Gasteiger charge is 2.36. The molecule has 1 aromatic heterocycles. The lowest BCUT2D eigenvalue weighted by Crippen LogP contribution is -2.43. The summed E-state index contributed by atoms with van der Waals surface area (Å²) in [5.74, 6) is -0.844. The summed E-state index contributed by atoms with van der Waals surface area (Å²) < 4.78 is 5.65. The Kier molecular flexibility index (Phi) is 5.34. The zero-order valence-corrected chi connectivity index (χ0v) is 13.0. The topological polar surface area (TPSA) is 55.4 Å². The summed E-state index contributed by atoms with van der Waals surface area (Å²) in [5, 5.41) is 4.74. The summed E-state index contributed by atoms with van der Waals surface area (Å²) in [6, 6.07) is 2.02. The summed E-state index contributed by atoms with van der Waals surface area (Å²) in [4.78, 5) is 24.4. The molecule has 18 heavy (non-hydrogen) atoms. The van der Waals surface area contributed by atoms with Crippen LogP contribution < -0.4 is 5.32 Å². The van der Waals surface area contributed by atoms with Crippen molar-refractivity contribution in [2.75, 3.05) is 13.7 Å². The molecule has 100 valence electrons. The summed E-state index contributed by atoms with van der Waals surface area (Å²) >= 11 is 5.00. The van der Waals surface area contributed by atoms with Gasteiger partial charge in [0.05, 0.1) is 7.11 Å². The Morgan fingerprint density at radius 1 is 1.50 bits per heavy atom. The van der Waals surface area contributed by atoms with Crippen molar-refractivity contribution in [2.45, 2.75) is 20.3 Å². The number of carbonyl (C=O) groups excluding carboxylic acids is 2. The number of methoxy groups -OCH3 is 1. The summed E-state index contributed by atoms with van der Waals surface area (Å²) in [7, 11) is 1.28. The van der Waals surface area contributed by atoms with Crippen molar-refractivity contribution in [3.8, 4) is 0 Å². The SMILES string of the molecule is COC(=O)C(C)(C)C(=O)NCCc1cc(Br)cs1. The lowest BCUT2D eigenvalue weighted by Gasteiger charge is -2.20. The van der Waals surface area contributed by atoms with Gasteiger partial charge in [-0.1, -0.05) is 0 Å². The van der Waals surface area contributed by atoms with Crippen molar-refractivity contribution >= 4 is 39.1 Å². The first-order chi connectivity index (χ1) is 8.37. The molecule has 0 aliphatic carbocycles. The number of hydrogen-bond donors (Lipinski definition) is 1. The van der Waals surface area contributed by atoms with Crippen LogP contribution in [-0.4, -0.2) is 25.5 Å². The third-order valence-electron chi connectivity index (χ3n) is 2.54. The summed E-state index contributed by atoms with van der Waals surface area (Å²) in [5.41, 5.74) is -1.15. The molecule has 0 aromatic carbocycles. The molecule has 1 amide bonds. The first-order valence-electron chi connectivity index (χ1n) is 5.47. The minimum absolute atomic E-state index is 0.315. The van der Waals surface area contributed by atoms with Crippen LogP contribution in [0, 0.1) is 5.41 Å². The predicted octanol–water partition coefficient (Wildman–Crippen LogP) is 2.37. The molecule has 0 saturated heterocycles. The van der Waals surface area contributed by atoms with Gasteiger partial charge in [-0.25, -0.2) is 0 Å². The highest BCUT2D eigenvalue weighted by atomic mass is 79.9. The molecular weight excluding hydrogens is 318 g/mol. The molecule has 0 atom stereocenters. The molecule has 1 N–H and O–H groups in total. The van der Waals surface area contributed by atoms with E-state index in [2.05, 4.69) is 26.0 Å². The van der Waals surface area contributed by atoms with Crippen LogP contribution in [0.25, 0.3) is 0 Å². The van der Waals surface area contributed by atoms with Gasteiger partial charge in [0.2, 0.25) is 5.91 Å². The van der Waals surface area contributed by atoms with Crippen LogP contribution in [0.1, 0.15) is 18.7 Å². The Hall–Kier alpha value is -0.880. The Balaban J connectivity index is 2.44. The Morgan fingerprint density at radius 2 is 2.17 bits per heavy atom. The highest BCUT2D eigenvalue weighted by Crippen LogP contribution is 2.20. The summed E-state index contributed by atoms with van der Waals surface area (Å²) in [6.07, 6.45) is 0.749. The van der Waals surface area contributed by atoms with Gasteiger partial charge in [-0.05, 0) is 42.3 Å². The first-order valence-corrected chi connectivity index (χ1v) is 7.15. The van der Waals surface area contributed by atoms with Crippen LogP contribution in [0.5, 0.6) is 0 Å². The van der Waals surface area contributed by atoms with Crippen molar-refractivity contribution in [2.24, 2.45) is 5.41 Å². The maximum absolute atomic E-state index is 11.8. The number of rotatable bonds is 5. The smallest absolute Gasteiger partial charge is 0.320 e. The number of ether oxygens (including phenoxy) is 1. The number of nitrogens with one attached hydrogen (secondary N) is 1. The van der Waals surface area contributed by atoms with Crippen LogP contribution in [-0.2, 0) is 20.7 Å². The van der Waals surface area contributed by atoms with Crippen molar-refractivity contribution < 1.29 is 14.3 Å². The fraction of sp³-hybridized carbons (Fsp3) is 0.500. The fourth-order valence-electron chi connectivity index (χ4n) is 1.35. The maximum atomic E-state index is 11.8. The molecule has 0 radical (unpaired) electrons. The van der Waals surface area contributed by atoms with Crippen molar-refractivity contribution in [3.63, 3.8) is 0 Å². The zero-order valence-electron chi connectivity index (χ0n) is 10.6. The van der Waals surface area contributed by atoms with Gasteiger partial charge in [-0.15, -0.1) is 11.3 Å². The second-order valence-corrected chi connectivity index (χ2v) is 6.27. The van der Waals surface area contributed by atoms with Gasteiger partial charge in [0, 0.05) is 21.3 Å². The van der Waals surface area contributed by atoms with E-state index >= 15 is 0 Å². The average Bonchev–Trinajstić information content (AvgIpc) is 2.73. The van der Waals surface area contributed by atoms with E-state index in [-0.39, 0.29) is 5.91 Å². The molecule has 1 aromatic rings. The molecule has 0 saturated carbocycles. The standard InChI is InChI=1S/C12H16BrNO3S/c1-12(2,11(16)17-3)10(15)14-5-4-9-6-8(13)7-18-9/h6-7H,4-5H2,1-3H3,(H,14,15). The molecule has 0 aliphatic rings. The Bertz CT molecular complexity index is 442. The van der Waals surface area contributed by atoms with Crippen LogP contribution in [0.4, 0.5) is 0 Å². The van der Waals surface area contributed by atoms with Gasteiger partial charge < -0.3 is 10.1 Å². The van der Waals surface area contributed by atoms with E-state index in [0.717, 1.165) is 10.9 Å². The van der Waals surface area contributed by atoms with Crippen LogP contribution in [0.15, 0.2) is 15.9 Å². The van der Waals surface area contributed by atoms with Gasteiger partial charge in [0.1, 0.15) is 5.41 Å². The van der Waals surface area contributed by atoms with Gasteiger partial charge in [0.15, 0.2) is 0 Å². The molecule has 0 fully saturated rings. The molecule has 1 rings (SSSR count). The van der Waals surface area contributed by atoms with E-state index in [9.17, 15) is 9.59 Å². The number of halogens is 1. The van der Waals surface area contributed by atoms with Crippen molar-refractivity contribution in [1.29, 1.82) is 0 Å². The Labute approximate surface area is 119 Å². The van der Waals surface area contributed by atoms with Crippen LogP contribution in [0.2, 0.25) is 0 Å². The van der Waals surface area contributed by atoms with Crippen LogP contribution >= 0.6 is 27.3 Å². The van der Waals surface area contributed by atoms with Crippen molar-refractivity contribution in [1.82, 2.24) is 5.32 Å². The number of hydrogen-bond acceptors (Lipinski definition) is 4. The fourth-order valence-corrected chi connectivity index (χ4v) is 2.81. The van der Waals surface area contributed by atoms with E-state index in [1.807, 2.05) is 11.4 Å². The molecule has 6 heteroatoms. The quantitative estimate of drug-likeness (QED) is 0.664. The van der Waals surface area contributed by atoms with Gasteiger partial charge in [0.25, 0.3) is 0 Å². The maximum Gasteiger partial charge on any atom is 0.320 e. The molecule has 0 bridgehead atoms. The van der Waals surface area contributed by atoms with E-state index in [1.54, 1.807) is 25.2 Å². The highest BCUT2D eigenvalue weighted by molar-refractivity contribution is 9.10. The molecule has 0 spiro atoms. The minimum atomic E-state index is -1.15. The summed E-state index contributed by atoms with van der Waals surface area (Å²) in [6.45, 7) is 3.61. The Morgan fingerprint density at radius 3 is 2.67 bits per heavy atom.